The lowest BCUT2D eigenvalue weighted by atomic mass is 10.0. The SMILES string of the molecule is CCCNC(=O)[C@H](Cc1ccccc1)N(Cc1ccccc1C)C(=O)CN(c1ccccc1Cl)S(=O)(=O)c1ccc(C)cc1. The number of hydrogen-bond acceptors (Lipinski definition) is 4. The maximum atomic E-state index is 14.5. The number of anilines is 1. The summed E-state index contributed by atoms with van der Waals surface area (Å²) in [5.74, 6) is -0.834. The summed E-state index contributed by atoms with van der Waals surface area (Å²) in [5, 5.41) is 3.14. The maximum absolute atomic E-state index is 14.5. The fraction of sp³-hybridized carbons (Fsp3) is 0.257. The molecule has 0 saturated carbocycles. The van der Waals surface area contributed by atoms with E-state index >= 15 is 0 Å². The number of sulfonamides is 1. The van der Waals surface area contributed by atoms with Crippen LogP contribution in [0.3, 0.4) is 0 Å². The fourth-order valence-electron chi connectivity index (χ4n) is 4.90. The Balaban J connectivity index is 1.81. The molecule has 0 aliphatic rings. The molecule has 230 valence electrons. The van der Waals surface area contributed by atoms with Gasteiger partial charge in [-0.1, -0.05) is 103 Å². The van der Waals surface area contributed by atoms with Crippen LogP contribution in [0.2, 0.25) is 5.02 Å². The summed E-state index contributed by atoms with van der Waals surface area (Å²) in [5.41, 5.74) is 3.76. The smallest absolute Gasteiger partial charge is 0.264 e. The highest BCUT2D eigenvalue weighted by atomic mass is 35.5. The molecule has 7 nitrogen and oxygen atoms in total. The van der Waals surface area contributed by atoms with Crippen molar-refractivity contribution in [1.82, 2.24) is 10.2 Å². The monoisotopic (exact) mass is 631 g/mol. The van der Waals surface area contributed by atoms with Gasteiger partial charge in [-0.05, 0) is 61.2 Å². The van der Waals surface area contributed by atoms with Crippen LogP contribution in [0.25, 0.3) is 0 Å². The number of aryl methyl sites for hydroxylation is 2. The van der Waals surface area contributed by atoms with Crippen LogP contribution in [-0.2, 0) is 32.6 Å². The van der Waals surface area contributed by atoms with Gasteiger partial charge in [-0.3, -0.25) is 13.9 Å². The third kappa shape index (κ3) is 8.07. The Bertz CT molecular complexity index is 1680. The van der Waals surface area contributed by atoms with Gasteiger partial charge in [0.05, 0.1) is 15.6 Å². The number of hydrogen-bond donors (Lipinski definition) is 1. The quantitative estimate of drug-likeness (QED) is 0.187. The zero-order valence-electron chi connectivity index (χ0n) is 25.2. The largest absolute Gasteiger partial charge is 0.354 e. The Morgan fingerprint density at radius 3 is 2.14 bits per heavy atom. The fourth-order valence-corrected chi connectivity index (χ4v) is 6.62. The van der Waals surface area contributed by atoms with E-state index in [2.05, 4.69) is 5.32 Å². The first-order valence-corrected chi connectivity index (χ1v) is 16.4. The summed E-state index contributed by atoms with van der Waals surface area (Å²) in [6.07, 6.45) is 0.982. The van der Waals surface area contributed by atoms with Crippen LogP contribution in [0.4, 0.5) is 5.69 Å². The Labute approximate surface area is 265 Å². The van der Waals surface area contributed by atoms with E-state index in [1.165, 1.54) is 17.0 Å². The molecule has 4 aromatic rings. The molecule has 0 fully saturated rings. The van der Waals surface area contributed by atoms with Crippen LogP contribution in [0, 0.1) is 13.8 Å². The van der Waals surface area contributed by atoms with Crippen molar-refractivity contribution in [2.45, 2.75) is 51.1 Å². The van der Waals surface area contributed by atoms with Crippen LogP contribution in [0.15, 0.2) is 108 Å². The van der Waals surface area contributed by atoms with Gasteiger partial charge in [0.25, 0.3) is 10.0 Å². The van der Waals surface area contributed by atoms with Crippen LogP contribution >= 0.6 is 11.6 Å². The topological polar surface area (TPSA) is 86.8 Å². The second-order valence-corrected chi connectivity index (χ2v) is 13.0. The summed E-state index contributed by atoms with van der Waals surface area (Å²) >= 11 is 6.53. The van der Waals surface area contributed by atoms with Gasteiger partial charge >= 0.3 is 0 Å². The van der Waals surface area contributed by atoms with Gasteiger partial charge < -0.3 is 10.2 Å². The Kier molecular flexibility index (Phi) is 11.2. The van der Waals surface area contributed by atoms with Crippen molar-refractivity contribution in [1.29, 1.82) is 0 Å². The van der Waals surface area contributed by atoms with E-state index in [0.29, 0.717) is 6.54 Å². The minimum Gasteiger partial charge on any atom is -0.354 e. The van der Waals surface area contributed by atoms with Gasteiger partial charge in [-0.15, -0.1) is 0 Å². The molecule has 2 amide bonds. The van der Waals surface area contributed by atoms with E-state index < -0.39 is 28.5 Å². The number of benzene rings is 4. The third-order valence-corrected chi connectivity index (χ3v) is 9.52. The van der Waals surface area contributed by atoms with Crippen molar-refractivity contribution in [2.75, 3.05) is 17.4 Å². The number of halogens is 1. The molecule has 0 unspecified atom stereocenters. The van der Waals surface area contributed by atoms with Crippen LogP contribution in [0.5, 0.6) is 0 Å². The number of nitrogens with one attached hydrogen (secondary N) is 1. The van der Waals surface area contributed by atoms with E-state index in [9.17, 15) is 18.0 Å². The number of carbonyl (C=O) groups excluding carboxylic acids is 2. The van der Waals surface area contributed by atoms with Gasteiger partial charge in [0.1, 0.15) is 12.6 Å². The summed E-state index contributed by atoms with van der Waals surface area (Å²) < 4.78 is 29.3. The minimum atomic E-state index is -4.22. The van der Waals surface area contributed by atoms with Gasteiger partial charge in [0.2, 0.25) is 11.8 Å². The standard InChI is InChI=1S/C35H38ClN3O4S/c1-4-22-37-35(41)33(23-28-13-6-5-7-14-28)38(24-29-15-9-8-12-27(29)3)34(40)25-39(32-17-11-10-16-31(32)36)44(42,43)30-20-18-26(2)19-21-30/h5-21,33H,4,22-25H2,1-3H3,(H,37,41)/t33-/m0/s1. The van der Waals surface area contributed by atoms with Gasteiger partial charge in [-0.25, -0.2) is 8.42 Å². The molecule has 0 aromatic heterocycles. The average Bonchev–Trinajstić information content (AvgIpc) is 3.02. The molecule has 0 saturated heterocycles. The molecule has 0 radical (unpaired) electrons. The van der Waals surface area contributed by atoms with E-state index in [4.69, 9.17) is 11.6 Å². The van der Waals surface area contributed by atoms with Crippen molar-refractivity contribution in [2.24, 2.45) is 0 Å². The average molecular weight is 632 g/mol. The van der Waals surface area contributed by atoms with Crippen molar-refractivity contribution < 1.29 is 18.0 Å². The molecule has 1 N–H and O–H groups in total. The molecule has 4 rings (SSSR count). The first-order valence-electron chi connectivity index (χ1n) is 14.6. The number of nitrogens with zero attached hydrogens (tertiary/aromatic N) is 2. The van der Waals surface area contributed by atoms with E-state index in [1.54, 1.807) is 36.4 Å². The maximum Gasteiger partial charge on any atom is 0.264 e. The zero-order valence-corrected chi connectivity index (χ0v) is 26.8. The van der Waals surface area contributed by atoms with Crippen molar-refractivity contribution in [3.8, 4) is 0 Å². The second kappa shape index (κ2) is 15.0. The molecule has 0 aliphatic carbocycles. The Morgan fingerprint density at radius 1 is 0.841 bits per heavy atom. The number of amides is 2. The minimum absolute atomic E-state index is 0.0304. The number of para-hydroxylation sites is 1. The zero-order chi connectivity index (χ0) is 31.7. The molecule has 0 aliphatic heterocycles. The molecule has 0 bridgehead atoms. The lowest BCUT2D eigenvalue weighted by molar-refractivity contribution is -0.140. The predicted octanol–water partition coefficient (Wildman–Crippen LogP) is 6.32. The normalized spacial score (nSPS) is 11.9. The highest BCUT2D eigenvalue weighted by Gasteiger charge is 2.35. The predicted molar refractivity (Wildman–Crippen MR) is 176 cm³/mol. The van der Waals surface area contributed by atoms with E-state index in [0.717, 1.165) is 33.0 Å². The lowest BCUT2D eigenvalue weighted by Crippen LogP contribution is -2.53. The molecule has 4 aromatic carbocycles. The van der Waals surface area contributed by atoms with Crippen LogP contribution in [-0.4, -0.2) is 44.3 Å². The first kappa shape index (κ1) is 32.8. The van der Waals surface area contributed by atoms with Crippen molar-refractivity contribution in [3.05, 3.63) is 130 Å². The highest BCUT2D eigenvalue weighted by Crippen LogP contribution is 2.31. The van der Waals surface area contributed by atoms with Gasteiger partial charge in [-0.2, -0.15) is 0 Å². The van der Waals surface area contributed by atoms with Gasteiger partial charge in [0, 0.05) is 19.5 Å². The molecular weight excluding hydrogens is 594 g/mol. The summed E-state index contributed by atoms with van der Waals surface area (Å²) in [7, 11) is -4.22. The summed E-state index contributed by atoms with van der Waals surface area (Å²) in [6, 6.07) is 29.2. The van der Waals surface area contributed by atoms with Crippen LogP contribution < -0.4 is 9.62 Å². The lowest BCUT2D eigenvalue weighted by Gasteiger charge is -2.34. The third-order valence-electron chi connectivity index (χ3n) is 7.43. The number of rotatable bonds is 13. The Morgan fingerprint density at radius 2 is 1.48 bits per heavy atom. The summed E-state index contributed by atoms with van der Waals surface area (Å²) in [4.78, 5) is 29.7. The second-order valence-electron chi connectivity index (χ2n) is 10.7. The van der Waals surface area contributed by atoms with Crippen LogP contribution in [0.1, 0.15) is 35.6 Å². The molecule has 9 heteroatoms. The number of carbonyl (C=O) groups is 2. The van der Waals surface area contributed by atoms with E-state index in [-0.39, 0.29) is 34.5 Å². The van der Waals surface area contributed by atoms with Crippen molar-refractivity contribution in [3.63, 3.8) is 0 Å². The van der Waals surface area contributed by atoms with Crippen molar-refractivity contribution >= 4 is 39.1 Å². The van der Waals surface area contributed by atoms with E-state index in [1.807, 2.05) is 75.4 Å². The highest BCUT2D eigenvalue weighted by molar-refractivity contribution is 7.92. The molecule has 1 atom stereocenters. The molecular formula is C35H38ClN3O4S. The van der Waals surface area contributed by atoms with Gasteiger partial charge in [0.15, 0.2) is 0 Å². The Hall–Kier alpha value is -4.14. The molecule has 0 heterocycles. The molecule has 44 heavy (non-hydrogen) atoms. The first-order chi connectivity index (χ1) is 21.1. The molecule has 0 spiro atoms. The summed E-state index contributed by atoms with van der Waals surface area (Å²) in [6.45, 7) is 5.77.